The van der Waals surface area contributed by atoms with Crippen molar-refractivity contribution in [2.45, 2.75) is 12.6 Å². The number of nitrogens with zero attached hydrogens (tertiary/aromatic N) is 3. The van der Waals surface area contributed by atoms with E-state index in [1.807, 2.05) is 24.0 Å². The standard InChI is InChI=1S/C15H18ClFN4.ClH/c1-20-6-5-19-15(20)14-9-18-4-7-21(14)10-11-2-3-13(17)12(16)8-11;/h2-3,5-6,8,14,18H,4,7,9-10H2,1H3;1H. The lowest BCUT2D eigenvalue weighted by Crippen LogP contribution is -2.46. The van der Waals surface area contributed by atoms with Gasteiger partial charge in [-0.1, -0.05) is 17.7 Å². The number of aryl methyl sites for hydroxylation is 1. The van der Waals surface area contributed by atoms with Crippen molar-refractivity contribution in [2.24, 2.45) is 7.05 Å². The van der Waals surface area contributed by atoms with Gasteiger partial charge >= 0.3 is 0 Å². The van der Waals surface area contributed by atoms with E-state index in [1.165, 1.54) is 6.07 Å². The Morgan fingerprint density at radius 2 is 2.27 bits per heavy atom. The third kappa shape index (κ3) is 3.60. The average Bonchev–Trinajstić information content (AvgIpc) is 2.90. The lowest BCUT2D eigenvalue weighted by Gasteiger charge is -2.35. The molecule has 1 fully saturated rings. The van der Waals surface area contributed by atoms with Crippen molar-refractivity contribution < 1.29 is 4.39 Å². The maximum atomic E-state index is 13.3. The Balaban J connectivity index is 0.00000176. The molecule has 4 nitrogen and oxygen atoms in total. The molecule has 1 aromatic carbocycles. The lowest BCUT2D eigenvalue weighted by atomic mass is 10.1. The molecule has 1 atom stereocenters. The number of nitrogens with one attached hydrogen (secondary N) is 1. The number of rotatable bonds is 3. The van der Waals surface area contributed by atoms with E-state index in [0.717, 1.165) is 37.6 Å². The summed E-state index contributed by atoms with van der Waals surface area (Å²) in [5.74, 6) is 0.664. The van der Waals surface area contributed by atoms with Crippen LogP contribution in [0.2, 0.25) is 5.02 Å². The van der Waals surface area contributed by atoms with Gasteiger partial charge in [-0.25, -0.2) is 9.37 Å². The quantitative estimate of drug-likeness (QED) is 0.929. The maximum absolute atomic E-state index is 13.3. The minimum Gasteiger partial charge on any atom is -0.337 e. The molecule has 1 aliphatic rings. The summed E-state index contributed by atoms with van der Waals surface area (Å²) < 4.78 is 15.3. The molecule has 0 saturated carbocycles. The molecule has 0 spiro atoms. The van der Waals surface area contributed by atoms with Crippen molar-refractivity contribution in [1.82, 2.24) is 19.8 Å². The van der Waals surface area contributed by atoms with Crippen LogP contribution in [0.5, 0.6) is 0 Å². The number of hydrogen-bond acceptors (Lipinski definition) is 3. The highest BCUT2D eigenvalue weighted by Crippen LogP contribution is 2.24. The second-order valence-corrected chi connectivity index (χ2v) is 5.74. The molecule has 0 radical (unpaired) electrons. The van der Waals surface area contributed by atoms with Crippen LogP contribution < -0.4 is 5.32 Å². The minimum absolute atomic E-state index is 0. The fourth-order valence-electron chi connectivity index (χ4n) is 2.76. The molecule has 1 aromatic heterocycles. The first-order valence-electron chi connectivity index (χ1n) is 7.01. The van der Waals surface area contributed by atoms with Gasteiger partial charge in [0.05, 0.1) is 11.1 Å². The van der Waals surface area contributed by atoms with E-state index in [9.17, 15) is 4.39 Å². The molecule has 1 aliphatic heterocycles. The average molecular weight is 345 g/mol. The Morgan fingerprint density at radius 1 is 1.45 bits per heavy atom. The Labute approximate surface area is 140 Å². The van der Waals surface area contributed by atoms with Crippen LogP contribution in [0.15, 0.2) is 30.6 Å². The molecule has 0 bridgehead atoms. The zero-order valence-corrected chi connectivity index (χ0v) is 13.9. The van der Waals surface area contributed by atoms with Crippen LogP contribution in [-0.2, 0) is 13.6 Å². The summed E-state index contributed by atoms with van der Waals surface area (Å²) in [5.41, 5.74) is 1.02. The third-order valence-corrected chi connectivity index (χ3v) is 4.17. The van der Waals surface area contributed by atoms with Gasteiger partial charge in [-0.2, -0.15) is 0 Å². The largest absolute Gasteiger partial charge is 0.337 e. The number of aromatic nitrogens is 2. The van der Waals surface area contributed by atoms with E-state index in [2.05, 4.69) is 15.2 Å². The number of piperazine rings is 1. The van der Waals surface area contributed by atoms with Gasteiger partial charge in [0.2, 0.25) is 0 Å². The summed E-state index contributed by atoms with van der Waals surface area (Å²) in [5, 5.41) is 3.58. The number of halogens is 3. The lowest BCUT2D eigenvalue weighted by molar-refractivity contribution is 0.144. The monoisotopic (exact) mass is 344 g/mol. The molecule has 2 heterocycles. The summed E-state index contributed by atoms with van der Waals surface area (Å²) in [6.07, 6.45) is 3.77. The maximum Gasteiger partial charge on any atom is 0.141 e. The highest BCUT2D eigenvalue weighted by Gasteiger charge is 2.26. The van der Waals surface area contributed by atoms with Crippen LogP contribution >= 0.6 is 24.0 Å². The molecule has 120 valence electrons. The van der Waals surface area contributed by atoms with Crippen molar-refractivity contribution in [3.05, 3.63) is 52.8 Å². The third-order valence-electron chi connectivity index (χ3n) is 3.88. The smallest absolute Gasteiger partial charge is 0.141 e. The molecule has 1 saturated heterocycles. The first-order chi connectivity index (χ1) is 10.1. The van der Waals surface area contributed by atoms with Gasteiger partial charge in [0.1, 0.15) is 11.6 Å². The second kappa shape index (κ2) is 7.42. The van der Waals surface area contributed by atoms with E-state index >= 15 is 0 Å². The van der Waals surface area contributed by atoms with Crippen LogP contribution in [0.25, 0.3) is 0 Å². The molecule has 0 aliphatic carbocycles. The van der Waals surface area contributed by atoms with Gasteiger partial charge in [0.25, 0.3) is 0 Å². The molecule has 0 amide bonds. The summed E-state index contributed by atoms with van der Waals surface area (Å²) >= 11 is 5.87. The predicted molar refractivity (Wildman–Crippen MR) is 87.9 cm³/mol. The van der Waals surface area contributed by atoms with Gasteiger partial charge in [0.15, 0.2) is 0 Å². The Kier molecular flexibility index (Phi) is 5.81. The van der Waals surface area contributed by atoms with E-state index < -0.39 is 0 Å². The van der Waals surface area contributed by atoms with Gasteiger partial charge in [-0.15, -0.1) is 12.4 Å². The van der Waals surface area contributed by atoms with Gasteiger partial charge in [-0.05, 0) is 17.7 Å². The fourth-order valence-corrected chi connectivity index (χ4v) is 2.96. The fraction of sp³-hybridized carbons (Fsp3) is 0.400. The van der Waals surface area contributed by atoms with Crippen LogP contribution in [0.1, 0.15) is 17.4 Å². The van der Waals surface area contributed by atoms with Crippen molar-refractivity contribution in [3.8, 4) is 0 Å². The molecular weight excluding hydrogens is 326 g/mol. The summed E-state index contributed by atoms with van der Waals surface area (Å²) in [4.78, 5) is 6.81. The minimum atomic E-state index is -0.374. The van der Waals surface area contributed by atoms with Crippen molar-refractivity contribution >= 4 is 24.0 Å². The number of imidazole rings is 1. The van der Waals surface area contributed by atoms with Crippen LogP contribution in [0, 0.1) is 5.82 Å². The first-order valence-corrected chi connectivity index (χ1v) is 7.39. The SMILES string of the molecule is Cl.Cn1ccnc1C1CNCCN1Cc1ccc(F)c(Cl)c1. The molecular formula is C15H19Cl2FN4. The van der Waals surface area contributed by atoms with Crippen molar-refractivity contribution in [3.63, 3.8) is 0 Å². The van der Waals surface area contributed by atoms with Crippen LogP contribution in [0.3, 0.4) is 0 Å². The van der Waals surface area contributed by atoms with Crippen LogP contribution in [-0.4, -0.2) is 34.1 Å². The zero-order chi connectivity index (χ0) is 14.8. The van der Waals surface area contributed by atoms with E-state index in [1.54, 1.807) is 12.1 Å². The second-order valence-electron chi connectivity index (χ2n) is 5.34. The molecule has 22 heavy (non-hydrogen) atoms. The van der Waals surface area contributed by atoms with Gasteiger partial charge < -0.3 is 9.88 Å². The first kappa shape index (κ1) is 17.2. The van der Waals surface area contributed by atoms with E-state index in [0.29, 0.717) is 0 Å². The number of hydrogen-bond donors (Lipinski definition) is 1. The Morgan fingerprint density at radius 3 is 2.95 bits per heavy atom. The van der Waals surface area contributed by atoms with Crippen molar-refractivity contribution in [2.75, 3.05) is 19.6 Å². The number of benzene rings is 1. The van der Waals surface area contributed by atoms with Crippen molar-refractivity contribution in [1.29, 1.82) is 0 Å². The van der Waals surface area contributed by atoms with E-state index in [-0.39, 0.29) is 29.3 Å². The topological polar surface area (TPSA) is 33.1 Å². The Bertz CT molecular complexity index is 632. The summed E-state index contributed by atoms with van der Waals surface area (Å²) in [6, 6.07) is 5.13. The van der Waals surface area contributed by atoms with Gasteiger partial charge in [0, 0.05) is 45.6 Å². The Hall–Kier alpha value is -1.14. The molecule has 7 heteroatoms. The molecule has 2 aromatic rings. The molecule has 3 rings (SSSR count). The normalized spacial score (nSPS) is 19.0. The van der Waals surface area contributed by atoms with Crippen LogP contribution in [0.4, 0.5) is 4.39 Å². The highest BCUT2D eigenvalue weighted by molar-refractivity contribution is 6.30. The van der Waals surface area contributed by atoms with Gasteiger partial charge in [-0.3, -0.25) is 4.90 Å². The highest BCUT2D eigenvalue weighted by atomic mass is 35.5. The molecule has 1 N–H and O–H groups in total. The molecule has 1 unspecified atom stereocenters. The van der Waals surface area contributed by atoms with E-state index in [4.69, 9.17) is 11.6 Å². The zero-order valence-electron chi connectivity index (χ0n) is 12.3. The predicted octanol–water partition coefficient (Wildman–Crippen LogP) is 2.78. The summed E-state index contributed by atoms with van der Waals surface area (Å²) in [6.45, 7) is 3.46. The summed E-state index contributed by atoms with van der Waals surface area (Å²) in [7, 11) is 2.00.